The molecule has 0 atom stereocenters. The van der Waals surface area contributed by atoms with Gasteiger partial charge in [-0.2, -0.15) is 0 Å². The van der Waals surface area contributed by atoms with Crippen LogP contribution >= 0.6 is 15.9 Å². The molecule has 0 aliphatic heterocycles. The Morgan fingerprint density at radius 3 is 2.67 bits per heavy atom. The molecule has 1 N–H and O–H groups in total. The lowest BCUT2D eigenvalue weighted by atomic mass is 9.95. The van der Waals surface area contributed by atoms with Crippen LogP contribution in [-0.4, -0.2) is 6.04 Å². The van der Waals surface area contributed by atoms with E-state index in [4.69, 9.17) is 0 Å². The predicted molar refractivity (Wildman–Crippen MR) is 64.6 cm³/mol. The SMILES string of the molecule is Fc1ccc(Br)cc1NC1CCCCC1. The van der Waals surface area contributed by atoms with Crippen LogP contribution in [0.5, 0.6) is 0 Å². The molecule has 1 aromatic rings. The molecule has 1 fully saturated rings. The van der Waals surface area contributed by atoms with E-state index in [1.165, 1.54) is 25.3 Å². The summed E-state index contributed by atoms with van der Waals surface area (Å²) in [5, 5.41) is 3.28. The van der Waals surface area contributed by atoms with Crippen LogP contribution in [0.2, 0.25) is 0 Å². The second kappa shape index (κ2) is 4.97. The minimum absolute atomic E-state index is 0.163. The number of rotatable bonds is 2. The van der Waals surface area contributed by atoms with Gasteiger partial charge in [-0.25, -0.2) is 4.39 Å². The summed E-state index contributed by atoms with van der Waals surface area (Å²) in [6, 6.07) is 5.48. The normalized spacial score (nSPS) is 17.7. The second-order valence-electron chi connectivity index (χ2n) is 4.10. The quantitative estimate of drug-likeness (QED) is 0.844. The van der Waals surface area contributed by atoms with Gasteiger partial charge >= 0.3 is 0 Å². The molecule has 0 unspecified atom stereocenters. The second-order valence-corrected chi connectivity index (χ2v) is 5.02. The van der Waals surface area contributed by atoms with Gasteiger partial charge in [0.2, 0.25) is 0 Å². The van der Waals surface area contributed by atoms with Crippen LogP contribution in [0.25, 0.3) is 0 Å². The van der Waals surface area contributed by atoms with Gasteiger partial charge in [-0.3, -0.25) is 0 Å². The first-order valence-electron chi connectivity index (χ1n) is 5.47. The first kappa shape index (κ1) is 10.9. The molecule has 82 valence electrons. The molecule has 0 heterocycles. The molecular formula is C12H15BrFN. The Labute approximate surface area is 98.2 Å². The van der Waals surface area contributed by atoms with Crippen molar-refractivity contribution in [3.8, 4) is 0 Å². The molecule has 2 rings (SSSR count). The van der Waals surface area contributed by atoms with Crippen LogP contribution in [0.15, 0.2) is 22.7 Å². The molecule has 0 saturated heterocycles. The molecule has 0 amide bonds. The molecule has 1 nitrogen and oxygen atoms in total. The summed E-state index contributed by atoms with van der Waals surface area (Å²) in [5.41, 5.74) is 0.622. The smallest absolute Gasteiger partial charge is 0.146 e. The van der Waals surface area contributed by atoms with Crippen molar-refractivity contribution in [1.82, 2.24) is 0 Å². The summed E-state index contributed by atoms with van der Waals surface area (Å²) in [6.45, 7) is 0. The van der Waals surface area contributed by atoms with E-state index in [1.807, 2.05) is 6.07 Å². The largest absolute Gasteiger partial charge is 0.380 e. The Bertz CT molecular complexity index is 334. The average molecular weight is 272 g/mol. The fourth-order valence-electron chi connectivity index (χ4n) is 2.07. The number of anilines is 1. The molecule has 0 spiro atoms. The lowest BCUT2D eigenvalue weighted by molar-refractivity contribution is 0.460. The molecule has 0 radical (unpaired) electrons. The Morgan fingerprint density at radius 2 is 1.93 bits per heavy atom. The Morgan fingerprint density at radius 1 is 1.20 bits per heavy atom. The van der Waals surface area contributed by atoms with Gasteiger partial charge in [-0.05, 0) is 31.0 Å². The van der Waals surface area contributed by atoms with E-state index in [0.717, 1.165) is 17.3 Å². The van der Waals surface area contributed by atoms with Crippen LogP contribution in [0.1, 0.15) is 32.1 Å². The van der Waals surface area contributed by atoms with Gasteiger partial charge < -0.3 is 5.32 Å². The van der Waals surface area contributed by atoms with Crippen molar-refractivity contribution < 1.29 is 4.39 Å². The fraction of sp³-hybridized carbons (Fsp3) is 0.500. The molecule has 1 aliphatic carbocycles. The highest BCUT2D eigenvalue weighted by Gasteiger charge is 2.14. The number of halogens is 2. The van der Waals surface area contributed by atoms with E-state index in [-0.39, 0.29) is 5.82 Å². The minimum Gasteiger partial charge on any atom is -0.380 e. The topological polar surface area (TPSA) is 12.0 Å². The van der Waals surface area contributed by atoms with Gasteiger partial charge in [0, 0.05) is 10.5 Å². The third-order valence-electron chi connectivity index (χ3n) is 2.89. The third kappa shape index (κ3) is 2.94. The summed E-state index contributed by atoms with van der Waals surface area (Å²) < 4.78 is 14.4. The molecule has 1 saturated carbocycles. The molecular weight excluding hydrogens is 257 g/mol. The Kier molecular flexibility index (Phi) is 3.62. The molecule has 0 aromatic heterocycles. The third-order valence-corrected chi connectivity index (χ3v) is 3.39. The van der Waals surface area contributed by atoms with Crippen LogP contribution in [0, 0.1) is 5.82 Å². The maximum atomic E-state index is 13.4. The maximum Gasteiger partial charge on any atom is 0.146 e. The highest BCUT2D eigenvalue weighted by Crippen LogP contribution is 2.25. The first-order valence-corrected chi connectivity index (χ1v) is 6.26. The lowest BCUT2D eigenvalue weighted by Crippen LogP contribution is -2.22. The van der Waals surface area contributed by atoms with Crippen LogP contribution < -0.4 is 5.32 Å². The first-order chi connectivity index (χ1) is 7.25. The van der Waals surface area contributed by atoms with Gasteiger partial charge in [0.15, 0.2) is 0 Å². The lowest BCUT2D eigenvalue weighted by Gasteiger charge is -2.24. The van der Waals surface area contributed by atoms with Gasteiger partial charge in [-0.1, -0.05) is 35.2 Å². The molecule has 1 aliphatic rings. The molecule has 1 aromatic carbocycles. The zero-order valence-electron chi connectivity index (χ0n) is 8.60. The summed E-state index contributed by atoms with van der Waals surface area (Å²) in [6.07, 6.45) is 6.15. The van der Waals surface area contributed by atoms with E-state index >= 15 is 0 Å². The van der Waals surface area contributed by atoms with Gasteiger partial charge in [0.1, 0.15) is 5.82 Å². The molecule has 15 heavy (non-hydrogen) atoms. The zero-order chi connectivity index (χ0) is 10.7. The van der Waals surface area contributed by atoms with E-state index in [2.05, 4.69) is 21.2 Å². The maximum absolute atomic E-state index is 13.4. The monoisotopic (exact) mass is 271 g/mol. The highest BCUT2D eigenvalue weighted by atomic mass is 79.9. The minimum atomic E-state index is -0.163. The Hall–Kier alpha value is -0.570. The van der Waals surface area contributed by atoms with Crippen LogP contribution in [-0.2, 0) is 0 Å². The van der Waals surface area contributed by atoms with Crippen molar-refractivity contribution >= 4 is 21.6 Å². The highest BCUT2D eigenvalue weighted by molar-refractivity contribution is 9.10. The van der Waals surface area contributed by atoms with E-state index in [9.17, 15) is 4.39 Å². The van der Waals surface area contributed by atoms with Crippen molar-refractivity contribution in [3.63, 3.8) is 0 Å². The van der Waals surface area contributed by atoms with E-state index in [0.29, 0.717) is 11.7 Å². The Balaban J connectivity index is 2.05. The van der Waals surface area contributed by atoms with Gasteiger partial charge in [0.25, 0.3) is 0 Å². The van der Waals surface area contributed by atoms with E-state index < -0.39 is 0 Å². The predicted octanol–water partition coefficient (Wildman–Crippen LogP) is 4.33. The molecule has 3 heteroatoms. The van der Waals surface area contributed by atoms with Crippen LogP contribution in [0.4, 0.5) is 10.1 Å². The molecule has 0 bridgehead atoms. The van der Waals surface area contributed by atoms with E-state index in [1.54, 1.807) is 6.07 Å². The van der Waals surface area contributed by atoms with Gasteiger partial charge in [-0.15, -0.1) is 0 Å². The zero-order valence-corrected chi connectivity index (χ0v) is 10.2. The summed E-state index contributed by atoms with van der Waals surface area (Å²) in [7, 11) is 0. The standard InChI is InChI=1S/C12H15BrFN/c13-9-6-7-11(14)12(8-9)15-10-4-2-1-3-5-10/h6-8,10,15H,1-5H2. The average Bonchev–Trinajstić information content (AvgIpc) is 2.25. The summed E-state index contributed by atoms with van der Waals surface area (Å²) >= 11 is 3.35. The van der Waals surface area contributed by atoms with Crippen LogP contribution in [0.3, 0.4) is 0 Å². The summed E-state index contributed by atoms with van der Waals surface area (Å²) in [4.78, 5) is 0. The number of benzene rings is 1. The van der Waals surface area contributed by atoms with Crippen molar-refractivity contribution in [2.75, 3.05) is 5.32 Å². The summed E-state index contributed by atoms with van der Waals surface area (Å²) in [5.74, 6) is -0.163. The number of nitrogens with one attached hydrogen (secondary N) is 1. The van der Waals surface area contributed by atoms with Crippen molar-refractivity contribution in [3.05, 3.63) is 28.5 Å². The van der Waals surface area contributed by atoms with Crippen molar-refractivity contribution in [1.29, 1.82) is 0 Å². The van der Waals surface area contributed by atoms with Crippen molar-refractivity contribution in [2.24, 2.45) is 0 Å². The fourth-order valence-corrected chi connectivity index (χ4v) is 2.44. The number of hydrogen-bond donors (Lipinski definition) is 1. The van der Waals surface area contributed by atoms with Crippen molar-refractivity contribution in [2.45, 2.75) is 38.1 Å². The van der Waals surface area contributed by atoms with Gasteiger partial charge in [0.05, 0.1) is 5.69 Å². The number of hydrogen-bond acceptors (Lipinski definition) is 1.